The van der Waals surface area contributed by atoms with E-state index in [1.54, 1.807) is 10.9 Å². The van der Waals surface area contributed by atoms with Crippen LogP contribution in [0.25, 0.3) is 0 Å². The number of aromatic nitrogens is 2. The first kappa shape index (κ1) is 17.4. The molecule has 0 bridgehead atoms. The number of benzene rings is 1. The summed E-state index contributed by atoms with van der Waals surface area (Å²) in [6.45, 7) is 1.92. The molecular formula is C15H18N4O5S. The molecule has 0 aliphatic carbocycles. The average molecular weight is 366 g/mol. The smallest absolute Gasteiger partial charge is 0.293 e. The van der Waals surface area contributed by atoms with E-state index >= 15 is 0 Å². The summed E-state index contributed by atoms with van der Waals surface area (Å²) in [5, 5.41) is 15.6. The van der Waals surface area contributed by atoms with Gasteiger partial charge in [-0.15, -0.1) is 0 Å². The summed E-state index contributed by atoms with van der Waals surface area (Å²) in [4.78, 5) is 12.7. The molecule has 1 aliphatic rings. The fourth-order valence-corrected chi connectivity index (χ4v) is 3.45. The summed E-state index contributed by atoms with van der Waals surface area (Å²) < 4.78 is 30.8. The van der Waals surface area contributed by atoms with Gasteiger partial charge in [-0.05, 0) is 18.2 Å². The molecule has 0 N–H and O–H groups in total. The van der Waals surface area contributed by atoms with Crippen molar-refractivity contribution in [3.8, 4) is 0 Å². The Morgan fingerprint density at radius 2 is 2.24 bits per heavy atom. The van der Waals surface area contributed by atoms with E-state index in [1.165, 1.54) is 12.1 Å². The Labute approximate surface area is 144 Å². The van der Waals surface area contributed by atoms with Gasteiger partial charge in [0, 0.05) is 37.8 Å². The molecule has 3 rings (SSSR count). The van der Waals surface area contributed by atoms with Crippen LogP contribution in [0.15, 0.2) is 41.6 Å². The summed E-state index contributed by atoms with van der Waals surface area (Å²) in [7, 11) is -3.51. The van der Waals surface area contributed by atoms with Crippen LogP contribution in [-0.4, -0.2) is 55.2 Å². The van der Waals surface area contributed by atoms with Gasteiger partial charge in [-0.1, -0.05) is 0 Å². The van der Waals surface area contributed by atoms with Crippen LogP contribution in [0.5, 0.6) is 0 Å². The predicted octanol–water partition coefficient (Wildman–Crippen LogP) is 1.10. The Balaban J connectivity index is 1.86. The van der Waals surface area contributed by atoms with E-state index in [0.717, 1.165) is 12.3 Å². The highest BCUT2D eigenvalue weighted by Crippen LogP contribution is 2.32. The number of anilines is 1. The third-order valence-electron chi connectivity index (χ3n) is 4.00. The number of nitro groups is 1. The second kappa shape index (κ2) is 6.81. The minimum Gasteiger partial charge on any atom is -0.373 e. The van der Waals surface area contributed by atoms with E-state index in [2.05, 4.69) is 5.10 Å². The van der Waals surface area contributed by atoms with Crippen LogP contribution in [0.1, 0.15) is 0 Å². The summed E-state index contributed by atoms with van der Waals surface area (Å²) >= 11 is 0. The van der Waals surface area contributed by atoms with Crippen LogP contribution in [0.2, 0.25) is 0 Å². The maximum absolute atomic E-state index is 11.7. The maximum atomic E-state index is 11.7. The highest BCUT2D eigenvalue weighted by atomic mass is 32.2. The molecule has 1 fully saturated rings. The minimum atomic E-state index is -3.51. The summed E-state index contributed by atoms with van der Waals surface area (Å²) in [6, 6.07) is 5.82. The van der Waals surface area contributed by atoms with Gasteiger partial charge in [0.1, 0.15) is 5.69 Å². The first-order valence-electron chi connectivity index (χ1n) is 7.67. The normalized spacial score (nSPS) is 18.3. The van der Waals surface area contributed by atoms with Crippen molar-refractivity contribution in [2.75, 3.05) is 30.9 Å². The van der Waals surface area contributed by atoms with E-state index in [0.29, 0.717) is 31.9 Å². The van der Waals surface area contributed by atoms with Crippen molar-refractivity contribution in [2.45, 2.75) is 17.5 Å². The molecule has 2 heterocycles. The van der Waals surface area contributed by atoms with Crippen molar-refractivity contribution in [3.63, 3.8) is 0 Å². The summed E-state index contributed by atoms with van der Waals surface area (Å²) in [6.07, 6.45) is 4.37. The van der Waals surface area contributed by atoms with Crippen molar-refractivity contribution in [1.82, 2.24) is 9.78 Å². The lowest BCUT2D eigenvalue weighted by Gasteiger charge is -2.34. The number of hydrogen-bond donors (Lipinski definition) is 0. The molecule has 1 aromatic heterocycles. The average Bonchev–Trinajstić information content (AvgIpc) is 3.06. The number of morpholine rings is 1. The zero-order valence-electron chi connectivity index (χ0n) is 13.6. The molecule has 0 amide bonds. The third-order valence-corrected chi connectivity index (χ3v) is 5.11. The van der Waals surface area contributed by atoms with E-state index in [4.69, 9.17) is 4.74 Å². The van der Waals surface area contributed by atoms with Crippen LogP contribution in [0.4, 0.5) is 11.4 Å². The van der Waals surface area contributed by atoms with Crippen molar-refractivity contribution < 1.29 is 18.1 Å². The van der Waals surface area contributed by atoms with E-state index < -0.39 is 14.8 Å². The zero-order chi connectivity index (χ0) is 18.0. The molecule has 10 heteroatoms. The summed E-state index contributed by atoms with van der Waals surface area (Å²) in [5.41, 5.74) is 0.175. The van der Waals surface area contributed by atoms with E-state index in [1.807, 2.05) is 17.2 Å². The lowest BCUT2D eigenvalue weighted by atomic mass is 10.2. The molecule has 9 nitrogen and oxygen atoms in total. The molecule has 1 aliphatic heterocycles. The number of sulfone groups is 1. The maximum Gasteiger partial charge on any atom is 0.293 e. The Hall–Kier alpha value is -2.46. The van der Waals surface area contributed by atoms with Crippen molar-refractivity contribution in [3.05, 3.63) is 46.8 Å². The van der Waals surface area contributed by atoms with Crippen LogP contribution in [0.3, 0.4) is 0 Å². The molecule has 1 atom stereocenters. The third kappa shape index (κ3) is 3.97. The molecule has 0 spiro atoms. The van der Waals surface area contributed by atoms with Gasteiger partial charge < -0.3 is 9.64 Å². The molecule has 1 saturated heterocycles. The topological polar surface area (TPSA) is 108 Å². The van der Waals surface area contributed by atoms with Gasteiger partial charge in [0.2, 0.25) is 0 Å². The number of nitrogens with zero attached hydrogens (tertiary/aromatic N) is 4. The fourth-order valence-electron chi connectivity index (χ4n) is 2.81. The van der Waals surface area contributed by atoms with Crippen LogP contribution in [-0.2, 0) is 21.1 Å². The highest BCUT2D eigenvalue weighted by Gasteiger charge is 2.27. The van der Waals surface area contributed by atoms with Gasteiger partial charge in [0.15, 0.2) is 9.84 Å². The van der Waals surface area contributed by atoms with Gasteiger partial charge >= 0.3 is 0 Å². The van der Waals surface area contributed by atoms with E-state index in [9.17, 15) is 18.5 Å². The number of ether oxygens (including phenoxy) is 1. The van der Waals surface area contributed by atoms with Gasteiger partial charge in [-0.3, -0.25) is 14.8 Å². The monoisotopic (exact) mass is 366 g/mol. The molecule has 2 aromatic rings. The van der Waals surface area contributed by atoms with Gasteiger partial charge in [0.05, 0.1) is 29.1 Å². The van der Waals surface area contributed by atoms with E-state index in [-0.39, 0.29) is 16.7 Å². The number of hydrogen-bond acceptors (Lipinski definition) is 7. The Kier molecular flexibility index (Phi) is 4.73. The largest absolute Gasteiger partial charge is 0.373 e. The number of rotatable bonds is 5. The van der Waals surface area contributed by atoms with Gasteiger partial charge in [-0.25, -0.2) is 8.42 Å². The lowest BCUT2D eigenvalue weighted by molar-refractivity contribution is -0.384. The molecule has 0 radical (unpaired) electrons. The Bertz CT molecular complexity index is 866. The minimum absolute atomic E-state index is 0.0655. The fraction of sp³-hybridized carbons (Fsp3) is 0.400. The molecule has 1 aromatic carbocycles. The van der Waals surface area contributed by atoms with Crippen LogP contribution >= 0.6 is 0 Å². The summed E-state index contributed by atoms with van der Waals surface area (Å²) in [5.74, 6) is 0. The van der Waals surface area contributed by atoms with Crippen molar-refractivity contribution in [1.29, 1.82) is 0 Å². The van der Waals surface area contributed by atoms with Gasteiger partial charge in [-0.2, -0.15) is 5.10 Å². The Morgan fingerprint density at radius 3 is 2.88 bits per heavy atom. The van der Waals surface area contributed by atoms with Crippen molar-refractivity contribution in [2.24, 2.45) is 0 Å². The van der Waals surface area contributed by atoms with Gasteiger partial charge in [0.25, 0.3) is 5.69 Å². The quantitative estimate of drug-likeness (QED) is 0.576. The number of nitro benzene ring substituents is 1. The standard InChI is InChI=1S/C15H18N4O5S/c1-25(22,23)13-3-4-14(15(9-13)19(20)21)17-7-8-24-12(10-17)11-18-6-2-5-16-18/h2-6,9,12H,7-8,10-11H2,1H3. The zero-order valence-corrected chi connectivity index (χ0v) is 14.4. The van der Waals surface area contributed by atoms with Crippen LogP contribution in [0, 0.1) is 10.1 Å². The molecule has 1 unspecified atom stereocenters. The molecule has 25 heavy (non-hydrogen) atoms. The first-order valence-corrected chi connectivity index (χ1v) is 9.56. The highest BCUT2D eigenvalue weighted by molar-refractivity contribution is 7.90. The van der Waals surface area contributed by atoms with Crippen LogP contribution < -0.4 is 4.90 Å². The lowest BCUT2D eigenvalue weighted by Crippen LogP contribution is -2.44. The second-order valence-corrected chi connectivity index (χ2v) is 7.86. The molecular weight excluding hydrogens is 348 g/mol. The molecule has 134 valence electrons. The second-order valence-electron chi connectivity index (χ2n) is 5.85. The Morgan fingerprint density at radius 1 is 1.44 bits per heavy atom. The first-order chi connectivity index (χ1) is 11.8. The molecule has 0 saturated carbocycles. The SMILES string of the molecule is CS(=O)(=O)c1ccc(N2CCOC(Cn3cccn3)C2)c([N+](=O)[O-])c1. The predicted molar refractivity (Wildman–Crippen MR) is 90.4 cm³/mol. The van der Waals surface area contributed by atoms with Crippen molar-refractivity contribution >= 4 is 21.2 Å².